The Hall–Kier alpha value is -0.680. The molecule has 0 aliphatic carbocycles. The van der Waals surface area contributed by atoms with E-state index in [0.29, 0.717) is 0 Å². The van der Waals surface area contributed by atoms with Crippen molar-refractivity contribution >= 4 is 22.7 Å². The molecule has 19 heavy (non-hydrogen) atoms. The monoisotopic (exact) mass is 292 g/mol. The number of hydrogen-bond donors (Lipinski definition) is 1. The van der Waals surface area contributed by atoms with E-state index >= 15 is 0 Å². The van der Waals surface area contributed by atoms with Crippen molar-refractivity contribution in [1.29, 1.82) is 0 Å². The lowest BCUT2D eigenvalue weighted by atomic mass is 10.1. The third kappa shape index (κ3) is 3.45. The van der Waals surface area contributed by atoms with Crippen molar-refractivity contribution in [2.75, 3.05) is 19.6 Å². The first-order chi connectivity index (χ1) is 9.31. The predicted octanol–water partition coefficient (Wildman–Crippen LogP) is 3.27. The van der Waals surface area contributed by atoms with Crippen LogP contribution >= 0.6 is 22.7 Å². The summed E-state index contributed by atoms with van der Waals surface area (Å²) in [5.74, 6) is 0. The van der Waals surface area contributed by atoms with Crippen molar-refractivity contribution in [3.05, 3.63) is 43.8 Å². The third-order valence-corrected chi connectivity index (χ3v) is 5.61. The molecular weight excluding hydrogens is 272 g/mol. The van der Waals surface area contributed by atoms with Gasteiger partial charge in [0, 0.05) is 47.4 Å². The molecule has 4 heteroatoms. The normalized spacial score (nSPS) is 15.6. The summed E-state index contributed by atoms with van der Waals surface area (Å²) in [5, 5.41) is 5.78. The summed E-state index contributed by atoms with van der Waals surface area (Å²) >= 11 is 3.81. The minimum absolute atomic E-state index is 1.01. The van der Waals surface area contributed by atoms with E-state index in [4.69, 9.17) is 0 Å². The van der Waals surface area contributed by atoms with Gasteiger partial charge in [0.25, 0.3) is 0 Å². The van der Waals surface area contributed by atoms with Gasteiger partial charge in [-0.15, -0.1) is 22.7 Å². The van der Waals surface area contributed by atoms with Crippen molar-refractivity contribution in [2.24, 2.45) is 0 Å². The lowest BCUT2D eigenvalue weighted by molar-refractivity contribution is 0.256. The molecule has 0 atom stereocenters. The topological polar surface area (TPSA) is 15.3 Å². The zero-order valence-corrected chi connectivity index (χ0v) is 12.9. The minimum atomic E-state index is 1.01. The Labute approximate surface area is 123 Å². The van der Waals surface area contributed by atoms with Crippen LogP contribution in [-0.2, 0) is 19.5 Å². The first kappa shape index (κ1) is 13.3. The van der Waals surface area contributed by atoms with Gasteiger partial charge >= 0.3 is 0 Å². The van der Waals surface area contributed by atoms with Crippen LogP contribution < -0.4 is 5.32 Å². The average Bonchev–Trinajstić information content (AvgIpc) is 3.03. The second-order valence-corrected chi connectivity index (χ2v) is 7.46. The molecule has 2 nitrogen and oxygen atoms in total. The molecule has 0 spiro atoms. The van der Waals surface area contributed by atoms with Gasteiger partial charge in [0.1, 0.15) is 0 Å². The zero-order chi connectivity index (χ0) is 13.1. The molecule has 0 bridgehead atoms. The third-order valence-electron chi connectivity index (χ3n) is 3.59. The molecule has 0 aromatic carbocycles. The summed E-state index contributed by atoms with van der Waals surface area (Å²) in [6.45, 7) is 7.76. The van der Waals surface area contributed by atoms with Crippen LogP contribution in [0.2, 0.25) is 0 Å². The maximum Gasteiger partial charge on any atom is 0.0300 e. The molecule has 3 rings (SSSR count). The fourth-order valence-corrected chi connectivity index (χ4v) is 4.28. The van der Waals surface area contributed by atoms with Crippen LogP contribution in [0.1, 0.15) is 20.2 Å². The molecule has 0 radical (unpaired) electrons. The van der Waals surface area contributed by atoms with E-state index in [1.807, 2.05) is 22.7 Å². The number of nitrogens with zero attached hydrogens (tertiary/aromatic N) is 1. The van der Waals surface area contributed by atoms with Crippen LogP contribution in [0.5, 0.6) is 0 Å². The summed E-state index contributed by atoms with van der Waals surface area (Å²) in [5.41, 5.74) is 1.55. The number of thiophene rings is 2. The van der Waals surface area contributed by atoms with Gasteiger partial charge in [0.15, 0.2) is 0 Å². The van der Waals surface area contributed by atoms with Crippen molar-refractivity contribution in [3.8, 4) is 0 Å². The van der Waals surface area contributed by atoms with Crippen molar-refractivity contribution in [2.45, 2.75) is 26.4 Å². The molecule has 0 saturated heterocycles. The fraction of sp³-hybridized carbons (Fsp3) is 0.467. The summed E-state index contributed by atoms with van der Waals surface area (Å²) in [4.78, 5) is 6.99. The zero-order valence-electron chi connectivity index (χ0n) is 11.3. The highest BCUT2D eigenvalue weighted by Crippen LogP contribution is 2.23. The van der Waals surface area contributed by atoms with E-state index in [-0.39, 0.29) is 0 Å². The first-order valence-electron chi connectivity index (χ1n) is 6.85. The molecule has 2 aromatic heterocycles. The second-order valence-electron chi connectivity index (χ2n) is 5.08. The Kier molecular flexibility index (Phi) is 4.33. The van der Waals surface area contributed by atoms with Gasteiger partial charge in [-0.1, -0.05) is 0 Å². The lowest BCUT2D eigenvalue weighted by Crippen LogP contribution is -2.35. The number of hydrogen-bond acceptors (Lipinski definition) is 4. The highest BCUT2D eigenvalue weighted by atomic mass is 32.1. The van der Waals surface area contributed by atoms with E-state index in [0.717, 1.165) is 26.2 Å². The Balaban J connectivity index is 1.39. The molecular formula is C15H20N2S2. The number of fused-ring (bicyclic) bond motifs is 1. The van der Waals surface area contributed by atoms with Gasteiger partial charge in [-0.2, -0.15) is 0 Å². The SMILES string of the molecule is Cc1ccc(CNCCN2CCc3sccc3C2)s1. The molecule has 0 fully saturated rings. The van der Waals surface area contributed by atoms with Crippen LogP contribution in [0.15, 0.2) is 23.6 Å². The fourth-order valence-electron chi connectivity index (χ4n) is 2.53. The van der Waals surface area contributed by atoms with Gasteiger partial charge in [0.05, 0.1) is 0 Å². The number of rotatable bonds is 5. The van der Waals surface area contributed by atoms with Gasteiger partial charge in [0.2, 0.25) is 0 Å². The highest BCUT2D eigenvalue weighted by Gasteiger charge is 2.16. The maximum absolute atomic E-state index is 3.55. The highest BCUT2D eigenvalue weighted by molar-refractivity contribution is 7.11. The van der Waals surface area contributed by atoms with Crippen LogP contribution in [0, 0.1) is 6.92 Å². The van der Waals surface area contributed by atoms with E-state index in [1.54, 1.807) is 10.4 Å². The van der Waals surface area contributed by atoms with E-state index in [1.165, 1.54) is 22.7 Å². The lowest BCUT2D eigenvalue weighted by Gasteiger charge is -2.26. The Bertz CT molecular complexity index is 530. The number of aryl methyl sites for hydroxylation is 1. The summed E-state index contributed by atoms with van der Waals surface area (Å²) in [6.07, 6.45) is 1.23. The van der Waals surface area contributed by atoms with Crippen LogP contribution in [0.4, 0.5) is 0 Å². The summed E-state index contributed by atoms with van der Waals surface area (Å²) in [7, 11) is 0. The van der Waals surface area contributed by atoms with Crippen molar-refractivity contribution in [1.82, 2.24) is 10.2 Å². The Morgan fingerprint density at radius 3 is 3.11 bits per heavy atom. The molecule has 1 N–H and O–H groups in total. The summed E-state index contributed by atoms with van der Waals surface area (Å²) in [6, 6.07) is 6.71. The van der Waals surface area contributed by atoms with Crippen LogP contribution in [0.3, 0.4) is 0 Å². The second kappa shape index (κ2) is 6.18. The van der Waals surface area contributed by atoms with Gasteiger partial charge in [-0.05, 0) is 42.5 Å². The molecule has 1 aliphatic heterocycles. The Morgan fingerprint density at radius 1 is 1.32 bits per heavy atom. The molecule has 3 heterocycles. The largest absolute Gasteiger partial charge is 0.311 e. The molecule has 0 amide bonds. The first-order valence-corrected chi connectivity index (χ1v) is 8.54. The van der Waals surface area contributed by atoms with Crippen LogP contribution in [0.25, 0.3) is 0 Å². The molecule has 102 valence electrons. The van der Waals surface area contributed by atoms with E-state index < -0.39 is 0 Å². The average molecular weight is 292 g/mol. The van der Waals surface area contributed by atoms with E-state index in [2.05, 4.69) is 40.7 Å². The molecule has 0 saturated carbocycles. The van der Waals surface area contributed by atoms with Crippen LogP contribution in [-0.4, -0.2) is 24.5 Å². The van der Waals surface area contributed by atoms with Gasteiger partial charge in [-0.3, -0.25) is 4.90 Å². The standard InChI is InChI=1S/C15H20N2S2/c1-12-2-3-14(19-12)10-16-6-8-17-7-4-15-13(11-17)5-9-18-15/h2-3,5,9,16H,4,6-8,10-11H2,1H3. The van der Waals surface area contributed by atoms with Gasteiger partial charge in [-0.25, -0.2) is 0 Å². The quantitative estimate of drug-likeness (QED) is 0.851. The number of nitrogens with one attached hydrogen (secondary N) is 1. The maximum atomic E-state index is 3.55. The molecule has 1 aliphatic rings. The minimum Gasteiger partial charge on any atom is -0.311 e. The summed E-state index contributed by atoms with van der Waals surface area (Å²) < 4.78 is 0. The molecule has 0 unspecified atom stereocenters. The van der Waals surface area contributed by atoms with Crippen molar-refractivity contribution < 1.29 is 0 Å². The predicted molar refractivity (Wildman–Crippen MR) is 84.1 cm³/mol. The van der Waals surface area contributed by atoms with Gasteiger partial charge < -0.3 is 5.32 Å². The van der Waals surface area contributed by atoms with E-state index in [9.17, 15) is 0 Å². The smallest absolute Gasteiger partial charge is 0.0300 e. The Morgan fingerprint density at radius 2 is 2.26 bits per heavy atom. The molecule has 2 aromatic rings. The van der Waals surface area contributed by atoms with Crippen molar-refractivity contribution in [3.63, 3.8) is 0 Å².